The fourth-order valence-corrected chi connectivity index (χ4v) is 5.35. The molecule has 7 heteroatoms. The third-order valence-corrected chi connectivity index (χ3v) is 6.76. The predicted octanol–water partition coefficient (Wildman–Crippen LogP) is 1.27. The lowest BCUT2D eigenvalue weighted by Crippen LogP contribution is -2.68. The van der Waals surface area contributed by atoms with Crippen LogP contribution in [0.4, 0.5) is 0 Å². The number of rotatable bonds is 4. The smallest absolute Gasteiger partial charge is 0.245 e. The van der Waals surface area contributed by atoms with Gasteiger partial charge >= 0.3 is 0 Å². The van der Waals surface area contributed by atoms with Crippen LogP contribution >= 0.6 is 11.3 Å². The standard InChI is InChI=1S/C19H28N4O2S/c1-14-19(25)23-10-9-22(13-17(23)18(24)20-14)12-16-6-5-15(26-16)11-21-7-3-2-4-8-21/h5-6,14,17H,2-4,7-13H2,1H3,(H,20,24)/t14-,17-/m1/s1. The number of hydrogen-bond acceptors (Lipinski definition) is 5. The molecule has 0 aliphatic carbocycles. The molecule has 3 fully saturated rings. The zero-order valence-corrected chi connectivity index (χ0v) is 16.3. The molecule has 0 aromatic carbocycles. The van der Waals surface area contributed by atoms with Gasteiger partial charge in [0.15, 0.2) is 0 Å². The Bertz CT molecular complexity index is 670. The van der Waals surface area contributed by atoms with Gasteiger partial charge in [0.1, 0.15) is 12.1 Å². The number of thiophene rings is 1. The summed E-state index contributed by atoms with van der Waals surface area (Å²) < 4.78 is 0. The first-order chi connectivity index (χ1) is 12.6. The molecule has 3 aliphatic heterocycles. The minimum atomic E-state index is -0.389. The SMILES string of the molecule is C[C@H]1NC(=O)[C@H]2CN(Cc3ccc(CN4CCCCC4)s3)CCN2C1=O. The van der Waals surface area contributed by atoms with Crippen LogP contribution in [0.5, 0.6) is 0 Å². The molecule has 4 heterocycles. The lowest BCUT2D eigenvalue weighted by molar-refractivity contribution is -0.152. The molecule has 0 radical (unpaired) electrons. The summed E-state index contributed by atoms with van der Waals surface area (Å²) >= 11 is 1.89. The van der Waals surface area contributed by atoms with E-state index in [4.69, 9.17) is 0 Å². The summed E-state index contributed by atoms with van der Waals surface area (Å²) in [6.07, 6.45) is 4.01. The molecule has 2 amide bonds. The second-order valence-corrected chi connectivity index (χ2v) is 8.97. The van der Waals surface area contributed by atoms with Crippen LogP contribution in [-0.2, 0) is 22.7 Å². The Labute approximate surface area is 159 Å². The van der Waals surface area contributed by atoms with Crippen LogP contribution in [0.25, 0.3) is 0 Å². The van der Waals surface area contributed by atoms with Gasteiger partial charge in [-0.1, -0.05) is 6.42 Å². The normalized spacial score (nSPS) is 28.1. The van der Waals surface area contributed by atoms with Gasteiger partial charge in [0, 0.05) is 42.5 Å². The van der Waals surface area contributed by atoms with Gasteiger partial charge in [0.2, 0.25) is 11.8 Å². The Morgan fingerprint density at radius 1 is 1.00 bits per heavy atom. The van der Waals surface area contributed by atoms with Crippen molar-refractivity contribution in [3.05, 3.63) is 21.9 Å². The number of carbonyl (C=O) groups is 2. The Kier molecular flexibility index (Phi) is 5.29. The van der Waals surface area contributed by atoms with E-state index < -0.39 is 0 Å². The average Bonchev–Trinajstić information content (AvgIpc) is 3.07. The zero-order chi connectivity index (χ0) is 18.1. The number of nitrogens with one attached hydrogen (secondary N) is 1. The number of hydrogen-bond donors (Lipinski definition) is 1. The molecule has 2 atom stereocenters. The molecule has 142 valence electrons. The lowest BCUT2D eigenvalue weighted by Gasteiger charge is -2.44. The molecule has 1 aromatic heterocycles. The number of fused-ring (bicyclic) bond motifs is 1. The molecule has 6 nitrogen and oxygen atoms in total. The highest BCUT2D eigenvalue weighted by Crippen LogP contribution is 2.24. The van der Waals surface area contributed by atoms with Gasteiger partial charge in [-0.2, -0.15) is 0 Å². The van der Waals surface area contributed by atoms with Gasteiger partial charge in [-0.15, -0.1) is 11.3 Å². The summed E-state index contributed by atoms with van der Waals surface area (Å²) in [5.74, 6) is 0.0351. The zero-order valence-electron chi connectivity index (χ0n) is 15.4. The Balaban J connectivity index is 1.34. The van der Waals surface area contributed by atoms with Crippen LogP contribution in [0.15, 0.2) is 12.1 Å². The summed E-state index contributed by atoms with van der Waals surface area (Å²) in [6, 6.07) is 3.76. The molecule has 0 spiro atoms. The molecule has 0 bridgehead atoms. The van der Waals surface area contributed by atoms with E-state index in [0.29, 0.717) is 13.1 Å². The summed E-state index contributed by atoms with van der Waals surface area (Å²) in [6.45, 7) is 8.25. The number of nitrogens with zero attached hydrogens (tertiary/aromatic N) is 3. The number of piperazine rings is 2. The van der Waals surface area contributed by atoms with E-state index in [2.05, 4.69) is 27.2 Å². The van der Waals surface area contributed by atoms with E-state index in [1.54, 1.807) is 11.8 Å². The highest BCUT2D eigenvalue weighted by atomic mass is 32.1. The summed E-state index contributed by atoms with van der Waals surface area (Å²) in [7, 11) is 0. The topological polar surface area (TPSA) is 55.9 Å². The van der Waals surface area contributed by atoms with Crippen molar-refractivity contribution in [3.63, 3.8) is 0 Å². The Morgan fingerprint density at radius 3 is 2.42 bits per heavy atom. The maximum Gasteiger partial charge on any atom is 0.245 e. The molecule has 3 saturated heterocycles. The molecule has 1 aromatic rings. The number of likely N-dealkylation sites (tertiary alicyclic amines) is 1. The summed E-state index contributed by atoms with van der Waals surface area (Å²) in [4.78, 5) is 33.9. The minimum Gasteiger partial charge on any atom is -0.343 e. The quantitative estimate of drug-likeness (QED) is 0.860. The largest absolute Gasteiger partial charge is 0.343 e. The van der Waals surface area contributed by atoms with Crippen molar-refractivity contribution in [2.24, 2.45) is 0 Å². The van der Waals surface area contributed by atoms with Crippen LogP contribution in [0.2, 0.25) is 0 Å². The van der Waals surface area contributed by atoms with Gasteiger partial charge in [-0.3, -0.25) is 19.4 Å². The monoisotopic (exact) mass is 376 g/mol. The van der Waals surface area contributed by atoms with E-state index in [0.717, 1.165) is 19.6 Å². The van der Waals surface area contributed by atoms with Crippen LogP contribution in [-0.4, -0.2) is 71.3 Å². The first-order valence-electron chi connectivity index (χ1n) is 9.73. The Hall–Kier alpha value is -1.44. The maximum absolute atomic E-state index is 12.3. The van der Waals surface area contributed by atoms with Gasteiger partial charge in [0.25, 0.3) is 0 Å². The fourth-order valence-electron chi connectivity index (χ4n) is 4.24. The van der Waals surface area contributed by atoms with E-state index in [1.165, 1.54) is 42.1 Å². The highest BCUT2D eigenvalue weighted by Gasteiger charge is 2.41. The Morgan fingerprint density at radius 2 is 1.69 bits per heavy atom. The lowest BCUT2D eigenvalue weighted by atomic mass is 10.0. The van der Waals surface area contributed by atoms with Gasteiger partial charge < -0.3 is 10.2 Å². The van der Waals surface area contributed by atoms with Crippen molar-refractivity contribution in [3.8, 4) is 0 Å². The third kappa shape index (κ3) is 3.80. The van der Waals surface area contributed by atoms with Crippen molar-refractivity contribution in [1.82, 2.24) is 20.0 Å². The molecule has 3 aliphatic rings. The minimum absolute atomic E-state index is 0.0150. The van der Waals surface area contributed by atoms with E-state index in [-0.39, 0.29) is 23.9 Å². The summed E-state index contributed by atoms with van der Waals surface area (Å²) in [5.41, 5.74) is 0. The second kappa shape index (κ2) is 7.66. The van der Waals surface area contributed by atoms with Crippen molar-refractivity contribution in [1.29, 1.82) is 0 Å². The fraction of sp³-hybridized carbons (Fsp3) is 0.684. The second-order valence-electron chi connectivity index (χ2n) is 7.72. The van der Waals surface area contributed by atoms with Crippen LogP contribution in [0.3, 0.4) is 0 Å². The van der Waals surface area contributed by atoms with E-state index >= 15 is 0 Å². The van der Waals surface area contributed by atoms with Crippen LogP contribution in [0.1, 0.15) is 35.9 Å². The van der Waals surface area contributed by atoms with Crippen molar-refractivity contribution < 1.29 is 9.59 Å². The van der Waals surface area contributed by atoms with Crippen molar-refractivity contribution in [2.75, 3.05) is 32.7 Å². The molecule has 0 unspecified atom stereocenters. The predicted molar refractivity (Wildman–Crippen MR) is 102 cm³/mol. The number of carbonyl (C=O) groups excluding carboxylic acids is 2. The van der Waals surface area contributed by atoms with Crippen LogP contribution < -0.4 is 5.32 Å². The van der Waals surface area contributed by atoms with E-state index in [9.17, 15) is 9.59 Å². The van der Waals surface area contributed by atoms with Gasteiger partial charge in [-0.05, 0) is 45.0 Å². The highest BCUT2D eigenvalue weighted by molar-refractivity contribution is 7.11. The molecular formula is C19H28N4O2S. The molecule has 0 saturated carbocycles. The van der Waals surface area contributed by atoms with Crippen molar-refractivity contribution in [2.45, 2.75) is 51.4 Å². The number of piperidine rings is 1. The first kappa shape index (κ1) is 17.9. The molecule has 4 rings (SSSR count). The first-order valence-corrected chi connectivity index (χ1v) is 10.5. The molecule has 26 heavy (non-hydrogen) atoms. The maximum atomic E-state index is 12.3. The van der Waals surface area contributed by atoms with Gasteiger partial charge in [-0.25, -0.2) is 0 Å². The molecular weight excluding hydrogens is 348 g/mol. The van der Waals surface area contributed by atoms with E-state index in [1.807, 2.05) is 11.3 Å². The van der Waals surface area contributed by atoms with Crippen molar-refractivity contribution >= 4 is 23.2 Å². The molecule has 1 N–H and O–H groups in total. The third-order valence-electron chi connectivity index (χ3n) is 5.70. The average molecular weight is 377 g/mol. The van der Waals surface area contributed by atoms with Gasteiger partial charge in [0.05, 0.1) is 0 Å². The number of amides is 2. The summed E-state index contributed by atoms with van der Waals surface area (Å²) in [5, 5.41) is 2.80. The van der Waals surface area contributed by atoms with Crippen LogP contribution in [0, 0.1) is 0 Å².